The van der Waals surface area contributed by atoms with E-state index in [-0.39, 0.29) is 53.6 Å². The van der Waals surface area contributed by atoms with Gasteiger partial charge in [-0.2, -0.15) is 0 Å². The van der Waals surface area contributed by atoms with Crippen molar-refractivity contribution >= 4 is 0 Å². The van der Waals surface area contributed by atoms with Gasteiger partial charge in [0.15, 0.2) is 0 Å². The van der Waals surface area contributed by atoms with E-state index in [4.69, 9.17) is 31.5 Å². The monoisotopic (exact) mass is 368 g/mol. The minimum atomic E-state index is 0. The first-order chi connectivity index (χ1) is 5.74. The summed E-state index contributed by atoms with van der Waals surface area (Å²) in [5, 5.41) is 63.0. The van der Waals surface area contributed by atoms with Gasteiger partial charge in [0.25, 0.3) is 0 Å². The number of hydrogen-bond donors (Lipinski definition) is 0. The van der Waals surface area contributed by atoms with Crippen LogP contribution >= 0.6 is 0 Å². The molecule has 0 amide bonds. The summed E-state index contributed by atoms with van der Waals surface area (Å²) in [6.45, 7) is 0. The van der Waals surface area contributed by atoms with Crippen LogP contribution in [0.4, 0.5) is 0 Å². The average Bonchev–Trinajstić information content (AvgIpc) is 2.18. The van der Waals surface area contributed by atoms with Crippen LogP contribution < -0.4 is 31.5 Å². The molecule has 0 bridgehead atoms. The van der Waals surface area contributed by atoms with Gasteiger partial charge in [-0.15, -0.1) is 0 Å². The van der Waals surface area contributed by atoms with E-state index in [9.17, 15) is 0 Å². The summed E-state index contributed by atoms with van der Waals surface area (Å²) in [6, 6.07) is 0. The summed E-state index contributed by atoms with van der Waals surface area (Å²) < 4.78 is 0. The van der Waals surface area contributed by atoms with Crippen molar-refractivity contribution in [1.29, 1.82) is 0 Å². The van der Waals surface area contributed by atoms with Crippen LogP contribution in [0, 0.1) is 0 Å². The maximum atomic E-state index is 8.26. The van der Waals surface area contributed by atoms with Gasteiger partial charge in [-0.25, -0.2) is 0 Å². The van der Waals surface area contributed by atoms with Gasteiger partial charge in [-0.1, -0.05) is 0 Å². The van der Waals surface area contributed by atoms with Crippen molar-refractivity contribution in [3.63, 3.8) is 0 Å². The molecule has 0 saturated carbocycles. The fourth-order valence-electron chi connectivity index (χ4n) is 0. The molecule has 0 rings (SSSR count). The van der Waals surface area contributed by atoms with Gasteiger partial charge in [0.1, 0.15) is 0 Å². The van der Waals surface area contributed by atoms with Gasteiger partial charge < -0.3 is 61.8 Å². The molecule has 15 heavy (non-hydrogen) atoms. The topological polar surface area (TPSA) is 194 Å². The Morgan fingerprint density at radius 3 is 0.467 bits per heavy atom. The van der Waals surface area contributed by atoms with Crippen LogP contribution in [0.3, 0.4) is 0 Å². The SMILES string of the molecule is [Fe+2].[Fe+2].[O-]OO[O-].[O-]OO[O-].[O-]OO[O-].[Zn+2]. The minimum absolute atomic E-state index is 0. The summed E-state index contributed by atoms with van der Waals surface area (Å²) in [5.74, 6) is 0. The van der Waals surface area contributed by atoms with Gasteiger partial charge >= 0.3 is 53.6 Å². The van der Waals surface area contributed by atoms with E-state index in [2.05, 4.69) is 30.2 Å². The van der Waals surface area contributed by atoms with E-state index in [1.807, 2.05) is 0 Å². The maximum Gasteiger partial charge on any atom is 2.00 e. The van der Waals surface area contributed by atoms with Crippen molar-refractivity contribution in [3.05, 3.63) is 0 Å². The smallest absolute Gasteiger partial charge is 0.693 e. The Balaban J connectivity index is -0.0000000184. The van der Waals surface area contributed by atoms with Crippen LogP contribution in [0.15, 0.2) is 0 Å². The first-order valence-corrected chi connectivity index (χ1v) is 1.50. The van der Waals surface area contributed by atoms with Crippen LogP contribution in [-0.4, -0.2) is 0 Å². The van der Waals surface area contributed by atoms with E-state index in [0.717, 1.165) is 0 Å². The Morgan fingerprint density at radius 2 is 0.467 bits per heavy atom. The zero-order chi connectivity index (χ0) is 10.2. The van der Waals surface area contributed by atoms with E-state index in [1.165, 1.54) is 0 Å². The van der Waals surface area contributed by atoms with Crippen LogP contribution in [0.1, 0.15) is 0 Å². The van der Waals surface area contributed by atoms with E-state index < -0.39 is 0 Å². The summed E-state index contributed by atoms with van der Waals surface area (Å²) in [4.78, 5) is 0. The standard InChI is InChI=1S/2Fe.3H2O4.Zn/c;;3*1-3-4-2;/h;;3*1-2H;/q2*+2;;;;+2/p-6. The predicted molar refractivity (Wildman–Crippen MR) is 6.51 cm³/mol. The van der Waals surface area contributed by atoms with Crippen molar-refractivity contribution in [2.75, 3.05) is 0 Å². The second-order valence-corrected chi connectivity index (χ2v) is 0.408. The quantitative estimate of drug-likeness (QED) is 0.259. The Bertz CT molecular complexity index is 29.1. The molecule has 0 unspecified atom stereocenters. The number of rotatable bonds is 3. The van der Waals surface area contributed by atoms with Crippen LogP contribution in [0.2, 0.25) is 0 Å². The molecule has 0 aliphatic rings. The molecular formula is Fe2O12Zn. The molecule has 12 nitrogen and oxygen atoms in total. The van der Waals surface area contributed by atoms with Gasteiger partial charge in [-0.05, 0) is 0 Å². The fourth-order valence-corrected chi connectivity index (χ4v) is 0. The Labute approximate surface area is 115 Å². The molecule has 90 valence electrons. The van der Waals surface area contributed by atoms with Crippen LogP contribution in [0.5, 0.6) is 0 Å². The molecule has 0 fully saturated rings. The van der Waals surface area contributed by atoms with Gasteiger partial charge in [0.2, 0.25) is 0 Å². The largest absolute Gasteiger partial charge is 2.00 e. The summed E-state index contributed by atoms with van der Waals surface area (Å²) in [6.07, 6.45) is 0. The van der Waals surface area contributed by atoms with Gasteiger partial charge in [0, 0.05) is 0 Å². The van der Waals surface area contributed by atoms with Gasteiger partial charge in [-0.3, -0.25) is 0 Å². The van der Waals surface area contributed by atoms with E-state index >= 15 is 0 Å². The van der Waals surface area contributed by atoms with Crippen LogP contribution in [0.25, 0.3) is 0 Å². The number of hydrogen-bond acceptors (Lipinski definition) is 12. The van der Waals surface area contributed by atoms with Crippen molar-refractivity contribution in [2.45, 2.75) is 0 Å². The maximum absolute atomic E-state index is 8.26. The normalized spacial score (nSPS) is 6.00. The molecule has 0 aromatic rings. The molecule has 0 N–H and O–H groups in total. The fraction of sp³-hybridized carbons (Fsp3) is 0. The third-order valence-corrected chi connectivity index (χ3v) is 0.0833. The second-order valence-electron chi connectivity index (χ2n) is 0.408. The van der Waals surface area contributed by atoms with Crippen LogP contribution in [-0.2, 0) is 83.8 Å². The Kier molecular flexibility index (Phi) is 142. The first kappa shape index (κ1) is 36.0. The minimum Gasteiger partial charge on any atom is -0.693 e. The molecular weight excluding hydrogens is 369 g/mol. The molecule has 0 aromatic heterocycles. The molecule has 0 spiro atoms. The van der Waals surface area contributed by atoms with Crippen molar-refractivity contribution in [3.8, 4) is 0 Å². The summed E-state index contributed by atoms with van der Waals surface area (Å²) in [7, 11) is 0. The van der Waals surface area contributed by atoms with Crippen molar-refractivity contribution < 1.29 is 115 Å². The van der Waals surface area contributed by atoms with Crippen molar-refractivity contribution in [1.82, 2.24) is 0 Å². The molecule has 0 radical (unpaired) electrons. The van der Waals surface area contributed by atoms with E-state index in [0.29, 0.717) is 0 Å². The summed E-state index contributed by atoms with van der Waals surface area (Å²) in [5.41, 5.74) is 0. The molecule has 0 aliphatic heterocycles. The van der Waals surface area contributed by atoms with Crippen molar-refractivity contribution in [2.24, 2.45) is 0 Å². The zero-order valence-corrected chi connectivity index (χ0v) is 11.5. The molecule has 0 saturated heterocycles. The first-order valence-electron chi connectivity index (χ1n) is 1.50. The molecule has 15 heteroatoms. The zero-order valence-electron chi connectivity index (χ0n) is 6.31. The van der Waals surface area contributed by atoms with Gasteiger partial charge in [0.05, 0.1) is 0 Å². The third kappa shape index (κ3) is 151. The average molecular weight is 369 g/mol. The molecule has 0 heterocycles. The third-order valence-electron chi connectivity index (χ3n) is 0.0833. The Morgan fingerprint density at radius 1 is 0.400 bits per heavy atom. The molecule has 0 aliphatic carbocycles. The predicted octanol–water partition coefficient (Wildman–Crippen LogP) is -7.55. The second kappa shape index (κ2) is 59.2. The molecule has 0 atom stereocenters. The molecule has 0 aromatic carbocycles. The van der Waals surface area contributed by atoms with E-state index in [1.54, 1.807) is 0 Å². The Hall–Kier alpha value is 1.18. The summed E-state index contributed by atoms with van der Waals surface area (Å²) >= 11 is 0.